The standard InChI is InChI=1S/C18H14O3/c1-21-15-8-4-7-14(9-15)18(20)16-10-12-5-2-3-6-13(12)11-17(16)19/h2-11,19H,1H3. The van der Waals surface area contributed by atoms with Crippen LogP contribution in [0.25, 0.3) is 10.8 Å². The smallest absolute Gasteiger partial charge is 0.196 e. The lowest BCUT2D eigenvalue weighted by atomic mass is 9.99. The number of carbonyl (C=O) groups is 1. The Hall–Kier alpha value is -2.81. The predicted octanol–water partition coefficient (Wildman–Crippen LogP) is 3.79. The summed E-state index contributed by atoms with van der Waals surface area (Å²) < 4.78 is 5.13. The third kappa shape index (κ3) is 2.46. The van der Waals surface area contributed by atoms with Gasteiger partial charge in [0.1, 0.15) is 11.5 Å². The zero-order valence-electron chi connectivity index (χ0n) is 11.5. The number of rotatable bonds is 3. The molecule has 1 N–H and O–H groups in total. The number of benzene rings is 3. The van der Waals surface area contributed by atoms with Gasteiger partial charge >= 0.3 is 0 Å². The summed E-state index contributed by atoms with van der Waals surface area (Å²) in [6.07, 6.45) is 0. The molecule has 104 valence electrons. The molecule has 0 spiro atoms. The van der Waals surface area contributed by atoms with Gasteiger partial charge in [-0.1, -0.05) is 36.4 Å². The van der Waals surface area contributed by atoms with Crippen LogP contribution >= 0.6 is 0 Å². The predicted molar refractivity (Wildman–Crippen MR) is 82.0 cm³/mol. The van der Waals surface area contributed by atoms with Crippen LogP contribution in [0.5, 0.6) is 11.5 Å². The second kappa shape index (κ2) is 5.29. The average molecular weight is 278 g/mol. The van der Waals surface area contributed by atoms with E-state index in [4.69, 9.17) is 4.74 Å². The second-order valence-electron chi connectivity index (χ2n) is 4.78. The van der Waals surface area contributed by atoms with E-state index in [1.807, 2.05) is 24.3 Å². The van der Waals surface area contributed by atoms with Crippen molar-refractivity contribution in [2.75, 3.05) is 7.11 Å². The van der Waals surface area contributed by atoms with Crippen LogP contribution in [0.15, 0.2) is 60.7 Å². The lowest BCUT2D eigenvalue weighted by Crippen LogP contribution is -2.02. The van der Waals surface area contributed by atoms with Crippen LogP contribution < -0.4 is 4.74 Å². The van der Waals surface area contributed by atoms with E-state index in [2.05, 4.69) is 0 Å². The molecule has 0 heterocycles. The monoisotopic (exact) mass is 278 g/mol. The summed E-state index contributed by atoms with van der Waals surface area (Å²) >= 11 is 0. The van der Waals surface area contributed by atoms with Crippen LogP contribution in [0, 0.1) is 0 Å². The van der Waals surface area contributed by atoms with Gasteiger partial charge in [0.05, 0.1) is 12.7 Å². The molecular weight excluding hydrogens is 264 g/mol. The summed E-state index contributed by atoms with van der Waals surface area (Å²) in [4.78, 5) is 12.6. The Labute approximate surface area is 122 Å². The van der Waals surface area contributed by atoms with Gasteiger partial charge in [-0.25, -0.2) is 0 Å². The number of methoxy groups -OCH3 is 1. The lowest BCUT2D eigenvalue weighted by molar-refractivity contribution is 0.103. The number of hydrogen-bond donors (Lipinski definition) is 1. The van der Waals surface area contributed by atoms with Crippen molar-refractivity contribution in [2.45, 2.75) is 0 Å². The fourth-order valence-electron chi connectivity index (χ4n) is 2.33. The number of ketones is 1. The van der Waals surface area contributed by atoms with Gasteiger partial charge in [-0.3, -0.25) is 4.79 Å². The van der Waals surface area contributed by atoms with E-state index < -0.39 is 0 Å². The van der Waals surface area contributed by atoms with E-state index in [0.717, 1.165) is 10.8 Å². The fraction of sp³-hybridized carbons (Fsp3) is 0.0556. The van der Waals surface area contributed by atoms with Gasteiger partial charge in [0.2, 0.25) is 0 Å². The second-order valence-corrected chi connectivity index (χ2v) is 4.78. The minimum Gasteiger partial charge on any atom is -0.507 e. The van der Waals surface area contributed by atoms with Crippen molar-refractivity contribution >= 4 is 16.6 Å². The number of ether oxygens (including phenoxy) is 1. The molecule has 0 saturated carbocycles. The molecule has 0 aliphatic rings. The summed E-state index contributed by atoms with van der Waals surface area (Å²) in [5, 5.41) is 11.9. The van der Waals surface area contributed by atoms with E-state index in [-0.39, 0.29) is 11.5 Å². The number of hydrogen-bond acceptors (Lipinski definition) is 3. The van der Waals surface area contributed by atoms with Crippen LogP contribution in [0.1, 0.15) is 15.9 Å². The largest absolute Gasteiger partial charge is 0.507 e. The fourth-order valence-corrected chi connectivity index (χ4v) is 2.33. The Morgan fingerprint density at radius 3 is 2.38 bits per heavy atom. The van der Waals surface area contributed by atoms with Crippen LogP contribution in [0.3, 0.4) is 0 Å². The zero-order chi connectivity index (χ0) is 14.8. The van der Waals surface area contributed by atoms with Gasteiger partial charge in [0.15, 0.2) is 5.78 Å². The summed E-state index contributed by atoms with van der Waals surface area (Å²) in [5.41, 5.74) is 0.780. The van der Waals surface area contributed by atoms with Crippen molar-refractivity contribution in [3.63, 3.8) is 0 Å². The molecule has 3 rings (SSSR count). The molecule has 0 amide bonds. The molecule has 0 radical (unpaired) electrons. The molecule has 0 atom stereocenters. The van der Waals surface area contributed by atoms with Crippen LogP contribution in [-0.2, 0) is 0 Å². The number of aromatic hydroxyl groups is 1. The highest BCUT2D eigenvalue weighted by Gasteiger charge is 2.15. The van der Waals surface area contributed by atoms with Crippen molar-refractivity contribution in [3.05, 3.63) is 71.8 Å². The van der Waals surface area contributed by atoms with Crippen LogP contribution in [0.2, 0.25) is 0 Å². The van der Waals surface area contributed by atoms with E-state index in [9.17, 15) is 9.90 Å². The zero-order valence-corrected chi connectivity index (χ0v) is 11.5. The molecule has 3 nitrogen and oxygen atoms in total. The molecule has 0 aromatic heterocycles. The Morgan fingerprint density at radius 2 is 1.67 bits per heavy atom. The first-order valence-corrected chi connectivity index (χ1v) is 6.59. The summed E-state index contributed by atoms with van der Waals surface area (Å²) in [6.45, 7) is 0. The van der Waals surface area contributed by atoms with Crippen molar-refractivity contribution in [3.8, 4) is 11.5 Å². The Morgan fingerprint density at radius 1 is 0.952 bits per heavy atom. The minimum absolute atomic E-state index is 0.0125. The molecular formula is C18H14O3. The first kappa shape index (κ1) is 13.2. The maximum Gasteiger partial charge on any atom is 0.196 e. The molecule has 3 aromatic carbocycles. The number of phenolic OH excluding ortho intramolecular Hbond substituents is 1. The third-order valence-electron chi connectivity index (χ3n) is 3.44. The highest BCUT2D eigenvalue weighted by molar-refractivity contribution is 6.12. The Balaban J connectivity index is 2.10. The topological polar surface area (TPSA) is 46.5 Å². The molecule has 3 aromatic rings. The molecule has 0 unspecified atom stereocenters. The van der Waals surface area contributed by atoms with E-state index in [1.54, 1.807) is 43.5 Å². The number of fused-ring (bicyclic) bond motifs is 1. The van der Waals surface area contributed by atoms with Gasteiger partial charge < -0.3 is 9.84 Å². The van der Waals surface area contributed by atoms with Crippen molar-refractivity contribution in [2.24, 2.45) is 0 Å². The van der Waals surface area contributed by atoms with Gasteiger partial charge in [-0.2, -0.15) is 0 Å². The SMILES string of the molecule is COc1cccc(C(=O)c2cc3ccccc3cc2O)c1. The van der Waals surface area contributed by atoms with Gasteiger partial charge in [-0.15, -0.1) is 0 Å². The number of carbonyl (C=O) groups excluding carboxylic acids is 1. The number of phenols is 1. The van der Waals surface area contributed by atoms with E-state index in [1.165, 1.54) is 0 Å². The maximum atomic E-state index is 12.6. The maximum absolute atomic E-state index is 12.6. The minimum atomic E-state index is -0.225. The summed E-state index contributed by atoms with van der Waals surface area (Å²) in [7, 11) is 1.55. The first-order chi connectivity index (χ1) is 10.2. The Bertz CT molecular complexity index is 822. The van der Waals surface area contributed by atoms with Crippen LogP contribution in [0.4, 0.5) is 0 Å². The van der Waals surface area contributed by atoms with Gasteiger partial charge in [0, 0.05) is 5.56 Å². The Kier molecular flexibility index (Phi) is 3.32. The lowest BCUT2D eigenvalue weighted by Gasteiger charge is -2.07. The molecule has 21 heavy (non-hydrogen) atoms. The van der Waals surface area contributed by atoms with Crippen molar-refractivity contribution < 1.29 is 14.6 Å². The molecule has 0 fully saturated rings. The molecule has 0 aliphatic heterocycles. The van der Waals surface area contributed by atoms with E-state index >= 15 is 0 Å². The molecule has 3 heteroatoms. The van der Waals surface area contributed by atoms with Gasteiger partial charge in [-0.05, 0) is 35.0 Å². The summed E-state index contributed by atoms with van der Waals surface area (Å²) in [5.74, 6) is 0.375. The van der Waals surface area contributed by atoms with Gasteiger partial charge in [0.25, 0.3) is 0 Å². The van der Waals surface area contributed by atoms with Crippen LogP contribution in [-0.4, -0.2) is 18.0 Å². The highest BCUT2D eigenvalue weighted by atomic mass is 16.5. The quantitative estimate of drug-likeness (QED) is 0.741. The average Bonchev–Trinajstić information content (AvgIpc) is 2.53. The normalized spacial score (nSPS) is 10.5. The molecule has 0 saturated heterocycles. The molecule has 0 bridgehead atoms. The summed E-state index contributed by atoms with van der Waals surface area (Å²) in [6, 6.07) is 17.8. The molecule has 0 aliphatic carbocycles. The van der Waals surface area contributed by atoms with Crippen molar-refractivity contribution in [1.82, 2.24) is 0 Å². The first-order valence-electron chi connectivity index (χ1n) is 6.59. The third-order valence-corrected chi connectivity index (χ3v) is 3.44. The van der Waals surface area contributed by atoms with E-state index in [0.29, 0.717) is 16.9 Å². The van der Waals surface area contributed by atoms with Crippen molar-refractivity contribution in [1.29, 1.82) is 0 Å². The highest BCUT2D eigenvalue weighted by Crippen LogP contribution is 2.27.